The molecule has 0 aliphatic carbocycles. The molecule has 4 nitrogen and oxygen atoms in total. The van der Waals surface area contributed by atoms with Crippen LogP contribution in [0.15, 0.2) is 70.3 Å². The minimum atomic E-state index is 0.0562. The molecule has 0 atom stereocenters. The SMILES string of the molecule is CN(Cc1ccc(N2CCOCC2)cc1)C(=O)c1ccccc1SCc1ccsc1. The maximum atomic E-state index is 13.1. The van der Waals surface area contributed by atoms with E-state index in [0.717, 1.165) is 48.1 Å². The van der Waals surface area contributed by atoms with E-state index in [2.05, 4.69) is 46.0 Å². The molecule has 2 aromatic carbocycles. The molecule has 1 saturated heterocycles. The van der Waals surface area contributed by atoms with Crippen molar-refractivity contribution in [1.29, 1.82) is 0 Å². The molecular weight excluding hydrogens is 412 g/mol. The third-order valence-corrected chi connectivity index (χ3v) is 7.05. The molecule has 0 radical (unpaired) electrons. The molecule has 0 bridgehead atoms. The molecule has 6 heteroatoms. The molecule has 1 fully saturated rings. The second kappa shape index (κ2) is 10.2. The number of ether oxygens (including phenoxy) is 1. The maximum absolute atomic E-state index is 13.1. The van der Waals surface area contributed by atoms with E-state index in [1.54, 1.807) is 28.0 Å². The van der Waals surface area contributed by atoms with Crippen molar-refractivity contribution in [2.45, 2.75) is 17.2 Å². The fraction of sp³-hybridized carbons (Fsp3) is 0.292. The number of amides is 1. The first-order valence-corrected chi connectivity index (χ1v) is 12.0. The minimum Gasteiger partial charge on any atom is -0.378 e. The van der Waals surface area contributed by atoms with Crippen LogP contribution in [0.5, 0.6) is 0 Å². The Bertz CT molecular complexity index is 952. The first-order chi connectivity index (χ1) is 14.7. The predicted molar refractivity (Wildman–Crippen MR) is 126 cm³/mol. The predicted octanol–water partition coefficient (Wildman–Crippen LogP) is 5.15. The van der Waals surface area contributed by atoms with Crippen LogP contribution in [-0.4, -0.2) is 44.2 Å². The zero-order valence-electron chi connectivity index (χ0n) is 17.1. The van der Waals surface area contributed by atoms with Gasteiger partial charge in [-0.1, -0.05) is 24.3 Å². The average Bonchev–Trinajstić information content (AvgIpc) is 3.32. The zero-order valence-corrected chi connectivity index (χ0v) is 18.8. The van der Waals surface area contributed by atoms with E-state index in [0.29, 0.717) is 6.54 Å². The summed E-state index contributed by atoms with van der Waals surface area (Å²) in [6.45, 7) is 4.01. The molecule has 0 saturated carbocycles. The number of hydrogen-bond acceptors (Lipinski definition) is 5. The molecule has 1 aliphatic rings. The summed E-state index contributed by atoms with van der Waals surface area (Å²) in [4.78, 5) is 18.3. The summed E-state index contributed by atoms with van der Waals surface area (Å²) < 4.78 is 5.43. The Kier molecular flexibility index (Phi) is 7.10. The van der Waals surface area contributed by atoms with Crippen LogP contribution < -0.4 is 4.90 Å². The summed E-state index contributed by atoms with van der Waals surface area (Å²) >= 11 is 3.42. The number of hydrogen-bond donors (Lipinski definition) is 0. The van der Waals surface area contributed by atoms with Gasteiger partial charge < -0.3 is 14.5 Å². The first kappa shape index (κ1) is 21.0. The van der Waals surface area contributed by atoms with Crippen LogP contribution in [0.4, 0.5) is 5.69 Å². The fourth-order valence-electron chi connectivity index (χ4n) is 3.49. The summed E-state index contributed by atoms with van der Waals surface area (Å²) in [5.41, 5.74) is 4.41. The van der Waals surface area contributed by atoms with Crippen LogP contribution in [0.2, 0.25) is 0 Å². The molecule has 0 unspecified atom stereocenters. The second-order valence-corrected chi connectivity index (χ2v) is 9.14. The molecule has 2 heterocycles. The standard InChI is InChI=1S/C24H26N2O2S2/c1-25(16-19-6-8-21(9-7-19)26-11-13-28-14-12-26)24(27)22-4-2-3-5-23(22)30-18-20-10-15-29-17-20/h2-10,15,17H,11-14,16,18H2,1H3. The molecule has 1 aromatic heterocycles. The molecule has 1 aliphatic heterocycles. The van der Waals surface area contributed by atoms with Gasteiger partial charge in [0.25, 0.3) is 5.91 Å². The van der Waals surface area contributed by atoms with E-state index in [9.17, 15) is 4.79 Å². The van der Waals surface area contributed by atoms with Crippen LogP contribution in [-0.2, 0) is 17.0 Å². The summed E-state index contributed by atoms with van der Waals surface area (Å²) in [7, 11) is 1.87. The van der Waals surface area contributed by atoms with E-state index in [4.69, 9.17) is 4.74 Å². The lowest BCUT2D eigenvalue weighted by Crippen LogP contribution is -2.36. The average molecular weight is 439 g/mol. The Labute approximate surface area is 186 Å². The maximum Gasteiger partial charge on any atom is 0.255 e. The van der Waals surface area contributed by atoms with Gasteiger partial charge in [-0.2, -0.15) is 11.3 Å². The number of carbonyl (C=O) groups excluding carboxylic acids is 1. The lowest BCUT2D eigenvalue weighted by Gasteiger charge is -2.29. The highest BCUT2D eigenvalue weighted by Gasteiger charge is 2.17. The smallest absolute Gasteiger partial charge is 0.255 e. The lowest BCUT2D eigenvalue weighted by atomic mass is 10.1. The lowest BCUT2D eigenvalue weighted by molar-refractivity contribution is 0.0781. The van der Waals surface area contributed by atoms with Gasteiger partial charge >= 0.3 is 0 Å². The number of morpholine rings is 1. The van der Waals surface area contributed by atoms with Gasteiger partial charge in [-0.25, -0.2) is 0 Å². The van der Waals surface area contributed by atoms with Crippen molar-refractivity contribution in [3.8, 4) is 0 Å². The zero-order chi connectivity index (χ0) is 20.8. The second-order valence-electron chi connectivity index (χ2n) is 7.34. The van der Waals surface area contributed by atoms with Gasteiger partial charge in [0.1, 0.15) is 0 Å². The summed E-state index contributed by atoms with van der Waals surface area (Å²) in [5, 5.41) is 4.25. The number of benzene rings is 2. The highest BCUT2D eigenvalue weighted by atomic mass is 32.2. The van der Waals surface area contributed by atoms with Gasteiger partial charge in [0.05, 0.1) is 18.8 Å². The van der Waals surface area contributed by atoms with E-state index in [-0.39, 0.29) is 5.91 Å². The Morgan fingerprint density at radius 3 is 2.57 bits per heavy atom. The van der Waals surface area contributed by atoms with E-state index in [1.165, 1.54) is 11.3 Å². The summed E-state index contributed by atoms with van der Waals surface area (Å²) in [6.07, 6.45) is 0. The van der Waals surface area contributed by atoms with Crippen molar-refractivity contribution in [2.24, 2.45) is 0 Å². The van der Waals surface area contributed by atoms with Crippen molar-refractivity contribution in [1.82, 2.24) is 4.90 Å². The number of rotatable bonds is 7. The normalized spacial score (nSPS) is 14.0. The highest BCUT2D eigenvalue weighted by molar-refractivity contribution is 7.98. The number of thiophene rings is 1. The summed E-state index contributed by atoms with van der Waals surface area (Å²) in [6, 6.07) is 18.6. The van der Waals surface area contributed by atoms with Crippen molar-refractivity contribution in [3.63, 3.8) is 0 Å². The van der Waals surface area contributed by atoms with Crippen molar-refractivity contribution in [2.75, 3.05) is 38.3 Å². The number of carbonyl (C=O) groups is 1. The Morgan fingerprint density at radius 1 is 1.07 bits per heavy atom. The van der Waals surface area contributed by atoms with Gasteiger partial charge in [0.2, 0.25) is 0 Å². The van der Waals surface area contributed by atoms with Gasteiger partial charge in [-0.3, -0.25) is 4.79 Å². The van der Waals surface area contributed by atoms with Crippen LogP contribution in [0.3, 0.4) is 0 Å². The first-order valence-electron chi connectivity index (χ1n) is 10.1. The Balaban J connectivity index is 1.40. The summed E-state index contributed by atoms with van der Waals surface area (Å²) in [5.74, 6) is 0.932. The molecular formula is C24H26N2O2S2. The third-order valence-electron chi connectivity index (χ3n) is 5.17. The van der Waals surface area contributed by atoms with Gasteiger partial charge in [-0.05, 0) is 52.2 Å². The van der Waals surface area contributed by atoms with Crippen LogP contribution in [0.25, 0.3) is 0 Å². The molecule has 0 N–H and O–H groups in total. The van der Waals surface area contributed by atoms with Crippen molar-refractivity contribution >= 4 is 34.7 Å². The number of thioether (sulfide) groups is 1. The Morgan fingerprint density at radius 2 is 1.83 bits per heavy atom. The quantitative estimate of drug-likeness (QED) is 0.478. The van der Waals surface area contributed by atoms with Crippen molar-refractivity contribution < 1.29 is 9.53 Å². The number of anilines is 1. The number of nitrogens with zero attached hydrogens (tertiary/aromatic N) is 2. The Hall–Kier alpha value is -2.28. The molecule has 1 amide bonds. The monoisotopic (exact) mass is 438 g/mol. The topological polar surface area (TPSA) is 32.8 Å². The van der Waals surface area contributed by atoms with Crippen LogP contribution >= 0.6 is 23.1 Å². The van der Waals surface area contributed by atoms with Gasteiger partial charge in [0.15, 0.2) is 0 Å². The van der Waals surface area contributed by atoms with Gasteiger partial charge in [-0.15, -0.1) is 11.8 Å². The van der Waals surface area contributed by atoms with E-state index >= 15 is 0 Å². The molecule has 156 valence electrons. The van der Waals surface area contributed by atoms with E-state index < -0.39 is 0 Å². The van der Waals surface area contributed by atoms with Gasteiger partial charge in [0, 0.05) is 43.0 Å². The molecule has 30 heavy (non-hydrogen) atoms. The van der Waals surface area contributed by atoms with Crippen LogP contribution in [0, 0.1) is 0 Å². The molecule has 4 rings (SSSR count). The van der Waals surface area contributed by atoms with Crippen molar-refractivity contribution in [3.05, 3.63) is 82.0 Å². The molecule has 0 spiro atoms. The van der Waals surface area contributed by atoms with Crippen LogP contribution in [0.1, 0.15) is 21.5 Å². The minimum absolute atomic E-state index is 0.0562. The fourth-order valence-corrected chi connectivity index (χ4v) is 5.25. The largest absolute Gasteiger partial charge is 0.378 e. The third kappa shape index (κ3) is 5.25. The molecule has 3 aromatic rings. The van der Waals surface area contributed by atoms with E-state index in [1.807, 2.05) is 31.3 Å². The highest BCUT2D eigenvalue weighted by Crippen LogP contribution is 2.28.